The van der Waals surface area contributed by atoms with Gasteiger partial charge in [-0.2, -0.15) is 18.4 Å². The van der Waals surface area contributed by atoms with Gasteiger partial charge in [0.25, 0.3) is 10.0 Å². The van der Waals surface area contributed by atoms with Gasteiger partial charge in [0, 0.05) is 6.42 Å². The van der Waals surface area contributed by atoms with Crippen LogP contribution in [0.5, 0.6) is 0 Å². The SMILES string of the molecule is COC(=O)CC/C(=N/NS(=O)(=O)c1ccc(C)cc1)c1cccs1. The number of aryl methyl sites for hydroxylation is 1. The summed E-state index contributed by atoms with van der Waals surface area (Å²) in [5.41, 5.74) is 1.46. The zero-order valence-electron chi connectivity index (χ0n) is 13.4. The summed E-state index contributed by atoms with van der Waals surface area (Å²) in [5.74, 6) is -0.374. The average Bonchev–Trinajstić information content (AvgIpc) is 3.09. The summed E-state index contributed by atoms with van der Waals surface area (Å²) in [4.78, 5) is 14.5. The first-order valence-corrected chi connectivity index (χ1v) is 9.54. The second-order valence-electron chi connectivity index (χ2n) is 5.02. The molecule has 24 heavy (non-hydrogen) atoms. The number of thiophene rings is 1. The van der Waals surface area contributed by atoms with Crippen molar-refractivity contribution in [1.29, 1.82) is 0 Å². The molecule has 0 radical (unpaired) electrons. The average molecular weight is 366 g/mol. The standard InChI is InChI=1S/C16H18N2O4S2/c1-12-5-7-13(8-6-12)24(20,21)18-17-14(9-10-16(19)22-2)15-4-3-11-23-15/h3-8,11,18H,9-10H2,1-2H3/b17-14-. The smallest absolute Gasteiger partial charge is 0.305 e. The van der Waals surface area contributed by atoms with Gasteiger partial charge < -0.3 is 4.74 Å². The van der Waals surface area contributed by atoms with E-state index in [2.05, 4.69) is 14.7 Å². The monoisotopic (exact) mass is 366 g/mol. The van der Waals surface area contributed by atoms with Crippen LogP contribution in [0.2, 0.25) is 0 Å². The number of nitrogens with one attached hydrogen (secondary N) is 1. The van der Waals surface area contributed by atoms with Crippen LogP contribution in [0.1, 0.15) is 23.3 Å². The minimum absolute atomic E-state index is 0.124. The Morgan fingerprint density at radius 3 is 2.50 bits per heavy atom. The van der Waals surface area contributed by atoms with Gasteiger partial charge in [0.2, 0.25) is 0 Å². The molecule has 0 atom stereocenters. The van der Waals surface area contributed by atoms with Crippen molar-refractivity contribution in [2.75, 3.05) is 7.11 Å². The van der Waals surface area contributed by atoms with Crippen LogP contribution >= 0.6 is 11.3 Å². The minimum atomic E-state index is -3.76. The van der Waals surface area contributed by atoms with Crippen molar-refractivity contribution >= 4 is 33.0 Å². The maximum atomic E-state index is 12.3. The molecule has 1 aromatic carbocycles. The molecule has 0 aliphatic carbocycles. The number of hydrogen-bond donors (Lipinski definition) is 1. The number of benzene rings is 1. The third kappa shape index (κ3) is 4.90. The largest absolute Gasteiger partial charge is 0.469 e. The van der Waals surface area contributed by atoms with Crippen LogP contribution in [-0.4, -0.2) is 27.2 Å². The Hall–Kier alpha value is -2.19. The summed E-state index contributed by atoms with van der Waals surface area (Å²) in [6.45, 7) is 1.88. The number of carbonyl (C=O) groups excluding carboxylic acids is 1. The predicted molar refractivity (Wildman–Crippen MR) is 93.6 cm³/mol. The second kappa shape index (κ2) is 8.07. The van der Waals surface area contributed by atoms with E-state index in [-0.39, 0.29) is 23.7 Å². The fourth-order valence-electron chi connectivity index (χ4n) is 1.88. The predicted octanol–water partition coefficient (Wildman–Crippen LogP) is 2.69. The highest BCUT2D eigenvalue weighted by Crippen LogP contribution is 2.15. The first kappa shape index (κ1) is 18.2. The van der Waals surface area contributed by atoms with E-state index in [9.17, 15) is 13.2 Å². The van der Waals surface area contributed by atoms with Gasteiger partial charge in [0.15, 0.2) is 0 Å². The Morgan fingerprint density at radius 2 is 1.92 bits per heavy atom. The van der Waals surface area contributed by atoms with Crippen molar-refractivity contribution in [3.8, 4) is 0 Å². The molecule has 0 saturated carbocycles. The Balaban J connectivity index is 2.19. The Morgan fingerprint density at radius 1 is 1.21 bits per heavy atom. The molecule has 128 valence electrons. The topological polar surface area (TPSA) is 84.8 Å². The van der Waals surface area contributed by atoms with Crippen LogP contribution in [0.4, 0.5) is 0 Å². The van der Waals surface area contributed by atoms with Gasteiger partial charge in [0.1, 0.15) is 0 Å². The lowest BCUT2D eigenvalue weighted by Gasteiger charge is -2.07. The molecule has 0 amide bonds. The quantitative estimate of drug-likeness (QED) is 0.464. The highest BCUT2D eigenvalue weighted by atomic mass is 32.2. The third-order valence-corrected chi connectivity index (χ3v) is 5.37. The molecule has 8 heteroatoms. The fraction of sp³-hybridized carbons (Fsp3) is 0.250. The molecule has 0 bridgehead atoms. The maximum Gasteiger partial charge on any atom is 0.305 e. The van der Waals surface area contributed by atoms with Gasteiger partial charge in [-0.1, -0.05) is 23.8 Å². The summed E-state index contributed by atoms with van der Waals surface area (Å²) in [5, 5.41) is 5.88. The van der Waals surface area contributed by atoms with Crippen LogP contribution in [0.15, 0.2) is 51.8 Å². The summed E-state index contributed by atoms with van der Waals surface area (Å²) in [6.07, 6.45) is 0.406. The molecule has 0 fully saturated rings. The number of rotatable bonds is 7. The molecule has 2 aromatic rings. The van der Waals surface area contributed by atoms with E-state index in [4.69, 9.17) is 0 Å². The van der Waals surface area contributed by atoms with Gasteiger partial charge in [-0.15, -0.1) is 11.3 Å². The van der Waals surface area contributed by atoms with Crippen molar-refractivity contribution in [2.24, 2.45) is 5.10 Å². The number of hydrazone groups is 1. The van der Waals surface area contributed by atoms with Crippen LogP contribution in [0.3, 0.4) is 0 Å². The molecule has 0 saturated heterocycles. The lowest BCUT2D eigenvalue weighted by Crippen LogP contribution is -2.21. The van der Waals surface area contributed by atoms with E-state index < -0.39 is 10.0 Å². The van der Waals surface area contributed by atoms with Gasteiger partial charge in [-0.05, 0) is 30.5 Å². The molecule has 1 heterocycles. The number of sulfonamides is 1. The number of ether oxygens (including phenoxy) is 1. The first-order valence-electron chi connectivity index (χ1n) is 7.18. The van der Waals surface area contributed by atoms with Crippen LogP contribution < -0.4 is 4.83 Å². The normalized spacial score (nSPS) is 12.0. The van der Waals surface area contributed by atoms with E-state index in [0.29, 0.717) is 5.71 Å². The molecule has 0 aliphatic heterocycles. The van der Waals surface area contributed by atoms with Crippen molar-refractivity contribution in [3.63, 3.8) is 0 Å². The molecular weight excluding hydrogens is 348 g/mol. The zero-order chi connectivity index (χ0) is 17.6. The number of hydrogen-bond acceptors (Lipinski definition) is 6. The molecule has 1 aromatic heterocycles. The molecule has 6 nitrogen and oxygen atoms in total. The Bertz CT molecular complexity index is 810. The van der Waals surface area contributed by atoms with Crippen molar-refractivity contribution in [1.82, 2.24) is 4.83 Å². The first-order chi connectivity index (χ1) is 11.4. The third-order valence-electron chi connectivity index (χ3n) is 3.23. The fourth-order valence-corrected chi connectivity index (χ4v) is 3.46. The summed E-state index contributed by atoms with van der Waals surface area (Å²) < 4.78 is 29.2. The van der Waals surface area contributed by atoms with E-state index in [0.717, 1.165) is 10.4 Å². The lowest BCUT2D eigenvalue weighted by molar-refractivity contribution is -0.140. The number of methoxy groups -OCH3 is 1. The number of esters is 1. The number of carbonyl (C=O) groups is 1. The van der Waals surface area contributed by atoms with E-state index in [1.807, 2.05) is 24.4 Å². The Kier molecular flexibility index (Phi) is 6.10. The molecule has 0 aliphatic rings. The molecule has 0 unspecified atom stereocenters. The molecular formula is C16H18N2O4S2. The highest BCUT2D eigenvalue weighted by Gasteiger charge is 2.15. The van der Waals surface area contributed by atoms with Crippen LogP contribution in [-0.2, 0) is 19.6 Å². The zero-order valence-corrected chi connectivity index (χ0v) is 15.0. The number of nitrogens with zero attached hydrogens (tertiary/aromatic N) is 1. The van der Waals surface area contributed by atoms with Gasteiger partial charge in [-0.3, -0.25) is 4.79 Å². The van der Waals surface area contributed by atoms with Crippen molar-refractivity contribution < 1.29 is 17.9 Å². The lowest BCUT2D eigenvalue weighted by atomic mass is 10.2. The van der Waals surface area contributed by atoms with E-state index >= 15 is 0 Å². The van der Waals surface area contributed by atoms with Gasteiger partial charge in [0.05, 0.1) is 29.0 Å². The van der Waals surface area contributed by atoms with E-state index in [1.165, 1.54) is 30.6 Å². The van der Waals surface area contributed by atoms with E-state index in [1.54, 1.807) is 12.1 Å². The minimum Gasteiger partial charge on any atom is -0.469 e. The van der Waals surface area contributed by atoms with Crippen molar-refractivity contribution in [2.45, 2.75) is 24.7 Å². The summed E-state index contributed by atoms with van der Waals surface area (Å²) in [7, 11) is -2.45. The molecule has 2 rings (SSSR count). The summed E-state index contributed by atoms with van der Waals surface area (Å²) in [6, 6.07) is 10.1. The van der Waals surface area contributed by atoms with Gasteiger partial charge >= 0.3 is 5.97 Å². The summed E-state index contributed by atoms with van der Waals surface area (Å²) >= 11 is 1.42. The second-order valence-corrected chi connectivity index (χ2v) is 7.63. The van der Waals surface area contributed by atoms with Crippen molar-refractivity contribution in [3.05, 3.63) is 52.2 Å². The highest BCUT2D eigenvalue weighted by molar-refractivity contribution is 7.89. The maximum absolute atomic E-state index is 12.3. The molecule has 0 spiro atoms. The molecule has 1 N–H and O–H groups in total. The van der Waals surface area contributed by atoms with Crippen LogP contribution in [0.25, 0.3) is 0 Å². The van der Waals surface area contributed by atoms with Gasteiger partial charge in [-0.25, -0.2) is 0 Å². The van der Waals surface area contributed by atoms with Crippen LogP contribution in [0, 0.1) is 6.92 Å². The Labute approximate surface area is 145 Å².